The third kappa shape index (κ3) is 6.63. The van der Waals surface area contributed by atoms with E-state index in [4.69, 9.17) is 16.3 Å². The second kappa shape index (κ2) is 10.4. The van der Waals surface area contributed by atoms with Crippen molar-refractivity contribution in [2.75, 3.05) is 13.7 Å². The van der Waals surface area contributed by atoms with E-state index in [9.17, 15) is 4.79 Å². The predicted molar refractivity (Wildman–Crippen MR) is 106 cm³/mol. The highest BCUT2D eigenvalue weighted by Gasteiger charge is 2.17. The Morgan fingerprint density at radius 3 is 2.44 bits per heavy atom. The summed E-state index contributed by atoms with van der Waals surface area (Å²) in [7, 11) is 1.66. The van der Waals surface area contributed by atoms with E-state index in [0.717, 1.165) is 29.9 Å². The molecule has 0 aromatic heterocycles. The minimum absolute atomic E-state index is 0.0813. The van der Waals surface area contributed by atoms with Gasteiger partial charge in [-0.1, -0.05) is 30.7 Å². The summed E-state index contributed by atoms with van der Waals surface area (Å²) in [6.45, 7) is 2.72. The molecule has 0 aliphatic carbocycles. The molecule has 3 nitrogen and oxygen atoms in total. The van der Waals surface area contributed by atoms with Crippen LogP contribution in [-0.4, -0.2) is 24.8 Å². The molecule has 0 fully saturated rings. The van der Waals surface area contributed by atoms with Gasteiger partial charge in [-0.2, -0.15) is 0 Å². The van der Waals surface area contributed by atoms with E-state index in [-0.39, 0.29) is 11.2 Å². The number of carbonyl (C=O) groups excluding carboxylic acids is 1. The highest BCUT2D eigenvalue weighted by molar-refractivity contribution is 8.00. The van der Waals surface area contributed by atoms with Crippen molar-refractivity contribution >= 4 is 29.3 Å². The Morgan fingerprint density at radius 1 is 1.16 bits per heavy atom. The summed E-state index contributed by atoms with van der Waals surface area (Å²) in [5, 5.41) is 3.67. The zero-order chi connectivity index (χ0) is 18.1. The molecule has 0 spiro atoms. The van der Waals surface area contributed by atoms with Gasteiger partial charge in [0.15, 0.2) is 0 Å². The van der Waals surface area contributed by atoms with Crippen molar-refractivity contribution in [2.24, 2.45) is 0 Å². The second-order valence-electron chi connectivity index (χ2n) is 5.71. The van der Waals surface area contributed by atoms with Crippen LogP contribution in [0.4, 0.5) is 0 Å². The SMILES string of the molecule is CC[C@H](Sc1ccc(Cl)cc1)C(=O)NCCCc1ccc(OC)cc1. The maximum absolute atomic E-state index is 12.4. The summed E-state index contributed by atoms with van der Waals surface area (Å²) < 4.78 is 5.15. The Labute approximate surface area is 159 Å². The lowest BCUT2D eigenvalue weighted by molar-refractivity contribution is -0.120. The van der Waals surface area contributed by atoms with E-state index in [1.54, 1.807) is 18.9 Å². The van der Waals surface area contributed by atoms with Crippen LogP contribution < -0.4 is 10.1 Å². The number of halogens is 1. The summed E-state index contributed by atoms with van der Waals surface area (Å²) in [4.78, 5) is 13.4. The topological polar surface area (TPSA) is 38.3 Å². The van der Waals surface area contributed by atoms with Gasteiger partial charge in [0.1, 0.15) is 5.75 Å². The first-order valence-electron chi connectivity index (χ1n) is 8.45. The number of thioether (sulfide) groups is 1. The molecule has 0 aliphatic rings. The summed E-state index contributed by atoms with van der Waals surface area (Å²) in [5.41, 5.74) is 1.25. The van der Waals surface area contributed by atoms with E-state index < -0.39 is 0 Å². The average molecular weight is 378 g/mol. The smallest absolute Gasteiger partial charge is 0.233 e. The van der Waals surface area contributed by atoms with E-state index in [2.05, 4.69) is 17.4 Å². The van der Waals surface area contributed by atoms with Crippen LogP contribution in [-0.2, 0) is 11.2 Å². The van der Waals surface area contributed by atoms with E-state index in [0.29, 0.717) is 11.6 Å². The number of ether oxygens (including phenoxy) is 1. The fourth-order valence-electron chi connectivity index (χ4n) is 2.41. The largest absolute Gasteiger partial charge is 0.497 e. The quantitative estimate of drug-likeness (QED) is 0.495. The Morgan fingerprint density at radius 2 is 1.84 bits per heavy atom. The maximum Gasteiger partial charge on any atom is 0.233 e. The van der Waals surface area contributed by atoms with Crippen molar-refractivity contribution in [3.05, 3.63) is 59.1 Å². The Kier molecular flexibility index (Phi) is 8.16. The third-order valence-corrected chi connectivity index (χ3v) is 5.48. The molecule has 134 valence electrons. The average Bonchev–Trinajstić information content (AvgIpc) is 2.65. The van der Waals surface area contributed by atoms with Gasteiger partial charge in [0.2, 0.25) is 5.91 Å². The zero-order valence-corrected chi connectivity index (χ0v) is 16.2. The molecule has 25 heavy (non-hydrogen) atoms. The molecule has 0 unspecified atom stereocenters. The molecule has 1 N–H and O–H groups in total. The molecule has 0 saturated heterocycles. The van der Waals surface area contributed by atoms with Crippen LogP contribution in [0.1, 0.15) is 25.3 Å². The van der Waals surface area contributed by atoms with E-state index >= 15 is 0 Å². The highest BCUT2D eigenvalue weighted by atomic mass is 35.5. The normalized spacial score (nSPS) is 11.8. The van der Waals surface area contributed by atoms with Crippen molar-refractivity contribution in [3.8, 4) is 5.75 Å². The predicted octanol–water partition coefficient (Wildman–Crippen LogP) is 4.97. The summed E-state index contributed by atoms with van der Waals surface area (Å²) in [6.07, 6.45) is 2.64. The fourth-order valence-corrected chi connectivity index (χ4v) is 3.51. The number of hydrogen-bond acceptors (Lipinski definition) is 3. The lowest BCUT2D eigenvalue weighted by atomic mass is 10.1. The third-order valence-electron chi connectivity index (χ3n) is 3.86. The van der Waals surface area contributed by atoms with Crippen molar-refractivity contribution in [3.63, 3.8) is 0 Å². The molecule has 0 bridgehead atoms. The maximum atomic E-state index is 12.4. The van der Waals surface area contributed by atoms with Crippen LogP contribution in [0.5, 0.6) is 5.75 Å². The first-order chi connectivity index (χ1) is 12.1. The van der Waals surface area contributed by atoms with Gasteiger partial charge >= 0.3 is 0 Å². The molecule has 1 amide bonds. The van der Waals surface area contributed by atoms with Gasteiger partial charge in [-0.25, -0.2) is 0 Å². The highest BCUT2D eigenvalue weighted by Crippen LogP contribution is 2.26. The number of hydrogen-bond donors (Lipinski definition) is 1. The van der Waals surface area contributed by atoms with Crippen LogP contribution >= 0.6 is 23.4 Å². The monoisotopic (exact) mass is 377 g/mol. The van der Waals surface area contributed by atoms with Crippen LogP contribution in [0.2, 0.25) is 5.02 Å². The molecule has 0 aliphatic heterocycles. The second-order valence-corrected chi connectivity index (χ2v) is 7.42. The van der Waals surface area contributed by atoms with Gasteiger partial charge in [0, 0.05) is 16.5 Å². The van der Waals surface area contributed by atoms with Crippen molar-refractivity contribution in [2.45, 2.75) is 36.3 Å². The molecule has 0 heterocycles. The van der Waals surface area contributed by atoms with Gasteiger partial charge in [0.25, 0.3) is 0 Å². The van der Waals surface area contributed by atoms with Gasteiger partial charge in [-0.3, -0.25) is 4.79 Å². The molecular weight excluding hydrogens is 354 g/mol. The molecule has 1 atom stereocenters. The van der Waals surface area contributed by atoms with Crippen LogP contribution in [0.15, 0.2) is 53.4 Å². The van der Waals surface area contributed by atoms with Crippen LogP contribution in [0.25, 0.3) is 0 Å². The Hall–Kier alpha value is -1.65. The number of rotatable bonds is 9. The molecule has 5 heteroatoms. The van der Waals surface area contributed by atoms with Crippen molar-refractivity contribution < 1.29 is 9.53 Å². The van der Waals surface area contributed by atoms with Crippen molar-refractivity contribution in [1.82, 2.24) is 5.32 Å². The van der Waals surface area contributed by atoms with Gasteiger partial charge < -0.3 is 10.1 Å². The molecule has 2 aromatic carbocycles. The van der Waals surface area contributed by atoms with Crippen LogP contribution in [0, 0.1) is 0 Å². The number of aryl methyl sites for hydroxylation is 1. The number of carbonyl (C=O) groups is 1. The minimum Gasteiger partial charge on any atom is -0.497 e. The van der Waals surface area contributed by atoms with Gasteiger partial charge in [0.05, 0.1) is 12.4 Å². The van der Waals surface area contributed by atoms with Gasteiger partial charge in [-0.15, -0.1) is 11.8 Å². The standard InChI is InChI=1S/C20H24ClNO2S/c1-3-19(25-18-12-8-16(21)9-13-18)20(23)22-14-4-5-15-6-10-17(24-2)11-7-15/h6-13,19H,3-5,14H2,1-2H3,(H,22,23)/t19-/m0/s1. The van der Waals surface area contributed by atoms with Crippen LogP contribution in [0.3, 0.4) is 0 Å². The molecule has 0 radical (unpaired) electrons. The molecule has 0 saturated carbocycles. The number of benzene rings is 2. The Bertz CT molecular complexity index is 658. The minimum atomic E-state index is -0.0813. The first-order valence-corrected chi connectivity index (χ1v) is 9.71. The summed E-state index contributed by atoms with van der Waals surface area (Å²) in [5.74, 6) is 0.958. The molecular formula is C20H24ClNO2S. The zero-order valence-electron chi connectivity index (χ0n) is 14.6. The fraction of sp³-hybridized carbons (Fsp3) is 0.350. The van der Waals surface area contributed by atoms with Crippen molar-refractivity contribution in [1.29, 1.82) is 0 Å². The lowest BCUT2D eigenvalue weighted by Crippen LogP contribution is -2.33. The number of methoxy groups -OCH3 is 1. The first kappa shape index (κ1) is 19.7. The lowest BCUT2D eigenvalue weighted by Gasteiger charge is -2.15. The number of nitrogens with one attached hydrogen (secondary N) is 1. The summed E-state index contributed by atoms with van der Waals surface area (Å²) in [6, 6.07) is 15.7. The van der Waals surface area contributed by atoms with E-state index in [1.807, 2.05) is 43.3 Å². The Balaban J connectivity index is 1.74. The molecule has 2 aromatic rings. The van der Waals surface area contributed by atoms with Gasteiger partial charge in [-0.05, 0) is 61.2 Å². The summed E-state index contributed by atoms with van der Waals surface area (Å²) >= 11 is 7.48. The number of amides is 1. The van der Waals surface area contributed by atoms with E-state index in [1.165, 1.54) is 5.56 Å². The molecule has 2 rings (SSSR count).